The van der Waals surface area contributed by atoms with Gasteiger partial charge in [0.05, 0.1) is 12.8 Å². The highest BCUT2D eigenvalue weighted by Crippen LogP contribution is 2.04. The van der Waals surface area contributed by atoms with Gasteiger partial charge in [-0.25, -0.2) is 0 Å². The Morgan fingerprint density at radius 1 is 1.38 bits per heavy atom. The van der Waals surface area contributed by atoms with Crippen molar-refractivity contribution in [3.8, 4) is 0 Å². The molecule has 0 aromatic rings. The molecule has 0 aromatic heterocycles. The molecule has 0 unspecified atom stereocenters. The first-order valence-corrected chi connectivity index (χ1v) is 4.51. The van der Waals surface area contributed by atoms with Crippen molar-refractivity contribution in [3.05, 3.63) is 0 Å². The maximum atomic E-state index is 10.7. The van der Waals surface area contributed by atoms with Crippen molar-refractivity contribution in [2.75, 3.05) is 7.11 Å². The number of hydrogen-bond donors (Lipinski definition) is 1. The average Bonchev–Trinajstić information content (AvgIpc) is 2.18. The van der Waals surface area contributed by atoms with Crippen LogP contribution >= 0.6 is 0 Å². The lowest BCUT2D eigenvalue weighted by atomic mass is 10.1. The molecule has 0 amide bonds. The number of esters is 1. The third-order valence-corrected chi connectivity index (χ3v) is 1.87. The van der Waals surface area contributed by atoms with Crippen molar-refractivity contribution in [3.63, 3.8) is 0 Å². The van der Waals surface area contributed by atoms with Gasteiger partial charge in [0.15, 0.2) is 0 Å². The van der Waals surface area contributed by atoms with Crippen LogP contribution < -0.4 is 0 Å². The van der Waals surface area contributed by atoms with Crippen molar-refractivity contribution in [2.45, 2.75) is 39.0 Å². The third-order valence-electron chi connectivity index (χ3n) is 1.87. The maximum absolute atomic E-state index is 10.7. The van der Waals surface area contributed by atoms with Crippen LogP contribution in [0.5, 0.6) is 0 Å². The highest BCUT2D eigenvalue weighted by atomic mass is 16.5. The molecule has 0 aliphatic carbocycles. The van der Waals surface area contributed by atoms with E-state index in [0.29, 0.717) is 6.42 Å². The van der Waals surface area contributed by atoms with Gasteiger partial charge in [0.25, 0.3) is 0 Å². The number of nitrogens with zero attached hydrogens (tertiary/aromatic N) is 1. The van der Waals surface area contributed by atoms with Crippen molar-refractivity contribution in [2.24, 2.45) is 5.16 Å². The van der Waals surface area contributed by atoms with Gasteiger partial charge in [-0.2, -0.15) is 0 Å². The minimum atomic E-state index is -0.181. The summed E-state index contributed by atoms with van der Waals surface area (Å²) in [5.74, 6) is -0.181. The van der Waals surface area contributed by atoms with Crippen LogP contribution in [-0.2, 0) is 9.53 Å². The Morgan fingerprint density at radius 2 is 2.00 bits per heavy atom. The molecular weight excluding hydrogens is 170 g/mol. The van der Waals surface area contributed by atoms with E-state index in [4.69, 9.17) is 5.21 Å². The molecule has 0 atom stereocenters. The molecule has 0 radical (unpaired) electrons. The number of carbonyl (C=O) groups is 1. The van der Waals surface area contributed by atoms with E-state index in [1.807, 2.05) is 6.92 Å². The second kappa shape index (κ2) is 7.58. The lowest BCUT2D eigenvalue weighted by Gasteiger charge is -2.00. The van der Waals surface area contributed by atoms with Crippen molar-refractivity contribution < 1.29 is 14.7 Å². The summed E-state index contributed by atoms with van der Waals surface area (Å²) in [5.41, 5.74) is 0.782. The van der Waals surface area contributed by atoms with Gasteiger partial charge in [0.2, 0.25) is 0 Å². The largest absolute Gasteiger partial charge is 0.469 e. The molecule has 0 aliphatic rings. The number of rotatable bonds is 6. The molecule has 0 fully saturated rings. The monoisotopic (exact) mass is 187 g/mol. The summed E-state index contributed by atoms with van der Waals surface area (Å²) >= 11 is 0. The molecule has 0 saturated heterocycles. The van der Waals surface area contributed by atoms with Crippen LogP contribution in [0.25, 0.3) is 0 Å². The van der Waals surface area contributed by atoms with Gasteiger partial charge in [-0.05, 0) is 25.7 Å². The Labute approximate surface area is 78.6 Å². The van der Waals surface area contributed by atoms with Crippen LogP contribution in [-0.4, -0.2) is 24.0 Å². The van der Waals surface area contributed by atoms with Crippen LogP contribution in [0.4, 0.5) is 0 Å². The summed E-state index contributed by atoms with van der Waals surface area (Å²) in [5, 5.41) is 11.6. The topological polar surface area (TPSA) is 58.9 Å². The number of ether oxygens (including phenoxy) is 1. The van der Waals surface area contributed by atoms with Gasteiger partial charge in [-0.15, -0.1) is 0 Å². The van der Waals surface area contributed by atoms with Crippen LogP contribution in [0, 0.1) is 0 Å². The number of carbonyl (C=O) groups excluding carboxylic acids is 1. The van der Waals surface area contributed by atoms with Gasteiger partial charge < -0.3 is 9.94 Å². The second-order valence-electron chi connectivity index (χ2n) is 2.80. The molecule has 0 saturated carbocycles. The second-order valence-corrected chi connectivity index (χ2v) is 2.80. The summed E-state index contributed by atoms with van der Waals surface area (Å²) in [7, 11) is 1.38. The molecule has 76 valence electrons. The molecule has 0 spiro atoms. The van der Waals surface area contributed by atoms with E-state index in [9.17, 15) is 4.79 Å². The molecule has 0 rings (SSSR count). The van der Waals surface area contributed by atoms with E-state index in [2.05, 4.69) is 9.89 Å². The summed E-state index contributed by atoms with van der Waals surface area (Å²) in [6.45, 7) is 1.94. The molecule has 4 nitrogen and oxygen atoms in total. The predicted octanol–water partition coefficient (Wildman–Crippen LogP) is 1.96. The number of hydrogen-bond acceptors (Lipinski definition) is 4. The van der Waals surface area contributed by atoms with Gasteiger partial charge in [-0.1, -0.05) is 12.1 Å². The molecule has 0 bridgehead atoms. The van der Waals surface area contributed by atoms with Gasteiger partial charge >= 0.3 is 5.97 Å². The zero-order chi connectivity index (χ0) is 10.1. The van der Waals surface area contributed by atoms with Crippen molar-refractivity contribution in [1.82, 2.24) is 0 Å². The fourth-order valence-corrected chi connectivity index (χ4v) is 0.998. The fraction of sp³-hybridized carbons (Fsp3) is 0.778. The average molecular weight is 187 g/mol. The molecule has 0 heterocycles. The first-order chi connectivity index (χ1) is 6.24. The SMILES string of the molecule is CC/C(CCCCC(=O)OC)=N/O. The summed E-state index contributed by atoms with van der Waals surface area (Å²) in [6.07, 6.45) is 3.60. The predicted molar refractivity (Wildman–Crippen MR) is 50.0 cm³/mol. The van der Waals surface area contributed by atoms with Gasteiger partial charge in [0, 0.05) is 6.42 Å². The van der Waals surface area contributed by atoms with E-state index in [0.717, 1.165) is 31.4 Å². The zero-order valence-electron chi connectivity index (χ0n) is 8.25. The minimum Gasteiger partial charge on any atom is -0.469 e. The fourth-order valence-electron chi connectivity index (χ4n) is 0.998. The standard InChI is InChI=1S/C9H17NO3/c1-3-8(10-12)6-4-5-7-9(11)13-2/h12H,3-7H2,1-2H3/b10-8-. The number of methoxy groups -OCH3 is 1. The minimum absolute atomic E-state index is 0.181. The Morgan fingerprint density at radius 3 is 2.46 bits per heavy atom. The Bertz CT molecular complexity index is 178. The van der Waals surface area contributed by atoms with Crippen LogP contribution in [0.3, 0.4) is 0 Å². The van der Waals surface area contributed by atoms with E-state index < -0.39 is 0 Å². The normalized spacial score (nSPS) is 11.4. The molecular formula is C9H17NO3. The quantitative estimate of drug-likeness (QED) is 0.227. The zero-order valence-corrected chi connectivity index (χ0v) is 8.25. The smallest absolute Gasteiger partial charge is 0.305 e. The van der Waals surface area contributed by atoms with Crippen LogP contribution in [0.15, 0.2) is 5.16 Å². The molecule has 1 N–H and O–H groups in total. The number of unbranched alkanes of at least 4 members (excludes halogenated alkanes) is 1. The molecule has 4 heteroatoms. The summed E-state index contributed by atoms with van der Waals surface area (Å²) < 4.78 is 4.49. The lowest BCUT2D eigenvalue weighted by Crippen LogP contribution is -2.01. The first kappa shape index (κ1) is 11.9. The Balaban J connectivity index is 3.40. The van der Waals surface area contributed by atoms with Gasteiger partial charge in [0.1, 0.15) is 0 Å². The van der Waals surface area contributed by atoms with Gasteiger partial charge in [-0.3, -0.25) is 4.79 Å². The highest BCUT2D eigenvalue weighted by Gasteiger charge is 2.01. The van der Waals surface area contributed by atoms with Crippen LogP contribution in [0.1, 0.15) is 39.0 Å². The Kier molecular flexibility index (Phi) is 6.96. The van der Waals surface area contributed by atoms with Crippen LogP contribution in [0.2, 0.25) is 0 Å². The number of oxime groups is 1. The van der Waals surface area contributed by atoms with E-state index >= 15 is 0 Å². The van der Waals surface area contributed by atoms with E-state index in [1.165, 1.54) is 7.11 Å². The molecule has 13 heavy (non-hydrogen) atoms. The Hall–Kier alpha value is -1.06. The van der Waals surface area contributed by atoms with Crippen molar-refractivity contribution in [1.29, 1.82) is 0 Å². The first-order valence-electron chi connectivity index (χ1n) is 4.51. The summed E-state index contributed by atoms with van der Waals surface area (Å²) in [6, 6.07) is 0. The highest BCUT2D eigenvalue weighted by molar-refractivity contribution is 5.83. The summed E-state index contributed by atoms with van der Waals surface area (Å²) in [4.78, 5) is 10.7. The van der Waals surface area contributed by atoms with E-state index in [1.54, 1.807) is 0 Å². The third kappa shape index (κ3) is 6.13. The maximum Gasteiger partial charge on any atom is 0.305 e. The molecule has 0 aliphatic heterocycles. The molecule has 0 aromatic carbocycles. The lowest BCUT2D eigenvalue weighted by molar-refractivity contribution is -0.140. The van der Waals surface area contributed by atoms with Crippen molar-refractivity contribution >= 4 is 11.7 Å². The van der Waals surface area contributed by atoms with E-state index in [-0.39, 0.29) is 5.97 Å².